The predicted molar refractivity (Wildman–Crippen MR) is 50.4 cm³/mol. The number of aromatic nitrogens is 3. The Morgan fingerprint density at radius 2 is 2.36 bits per heavy atom. The van der Waals surface area contributed by atoms with Gasteiger partial charge >= 0.3 is 5.52 Å². The number of H-pyrrole nitrogens is 1. The van der Waals surface area contributed by atoms with Crippen molar-refractivity contribution in [3.8, 4) is 5.75 Å². The molecule has 1 aromatic carbocycles. The van der Waals surface area contributed by atoms with Crippen molar-refractivity contribution in [3.63, 3.8) is 0 Å². The van der Waals surface area contributed by atoms with E-state index in [1.54, 1.807) is 18.2 Å². The van der Waals surface area contributed by atoms with E-state index in [2.05, 4.69) is 10.1 Å². The number of nitrogens with one attached hydrogen (secondary N) is 1. The molecule has 1 heterocycles. The van der Waals surface area contributed by atoms with E-state index < -0.39 is 0 Å². The summed E-state index contributed by atoms with van der Waals surface area (Å²) in [6, 6.07) is 4.98. The van der Waals surface area contributed by atoms with Crippen LogP contribution in [-0.2, 0) is 0 Å². The van der Waals surface area contributed by atoms with E-state index in [0.29, 0.717) is 21.3 Å². The summed E-state index contributed by atoms with van der Waals surface area (Å²) >= 11 is 0. The summed E-state index contributed by atoms with van der Waals surface area (Å²) in [5, 5.41) is 2.34. The fourth-order valence-electron chi connectivity index (χ4n) is 1.21. The van der Waals surface area contributed by atoms with Gasteiger partial charge in [0.1, 0.15) is 11.3 Å². The van der Waals surface area contributed by atoms with Gasteiger partial charge in [-0.25, -0.2) is 4.98 Å². The number of hydrogen-bond donors (Lipinski definition) is 2. The summed E-state index contributed by atoms with van der Waals surface area (Å²) in [5.41, 5.74) is 6.29. The normalized spacial score (nSPS) is 10.4. The largest absolute Gasteiger partial charge is 0.496 e. The summed E-state index contributed by atoms with van der Waals surface area (Å²) < 4.78 is 5.54. The van der Waals surface area contributed by atoms with Crippen molar-refractivity contribution in [1.29, 1.82) is 0 Å². The highest BCUT2D eigenvalue weighted by Crippen LogP contribution is 2.15. The van der Waals surface area contributed by atoms with Crippen LogP contribution in [0.3, 0.4) is 0 Å². The molecule has 0 amide bonds. The van der Waals surface area contributed by atoms with Crippen LogP contribution in [0.25, 0.3) is 11.0 Å². The van der Waals surface area contributed by atoms with Crippen molar-refractivity contribution in [3.05, 3.63) is 23.1 Å². The maximum Gasteiger partial charge on any atom is 0.321 e. The Morgan fingerprint density at radius 1 is 1.57 bits per heavy atom. The average Bonchev–Trinajstić information content (AvgIpc) is 2.17. The number of nitrogens with two attached hydrogens (primary N) is 1. The van der Waals surface area contributed by atoms with E-state index in [4.69, 9.17) is 10.5 Å². The third-order valence-corrected chi connectivity index (χ3v) is 1.86. The topological polar surface area (TPSA) is 86.9 Å². The van der Waals surface area contributed by atoms with Crippen LogP contribution in [-0.4, -0.2) is 17.2 Å². The molecule has 0 aliphatic carbocycles. The summed E-state index contributed by atoms with van der Waals surface area (Å²) in [7, 11) is 1.53. The second kappa shape index (κ2) is 2.99. The van der Waals surface area contributed by atoms with Crippen LogP contribution in [0.2, 0.25) is 0 Å². The summed E-state index contributed by atoms with van der Waals surface area (Å²) in [6.07, 6.45) is 0. The average molecular weight is 193 g/mol. The van der Waals surface area contributed by atoms with E-state index in [9.17, 15) is 4.91 Å². The van der Waals surface area contributed by atoms with Gasteiger partial charge < -0.3 is 10.5 Å². The first-order valence-electron chi connectivity index (χ1n) is 3.97. The minimum atomic E-state index is 0.0812. The monoisotopic (exact) mass is 193 g/mol. The highest BCUT2D eigenvalue weighted by Gasteiger charge is 2.10. The Morgan fingerprint density at radius 3 is 3.07 bits per heavy atom. The Bertz CT molecular complexity index is 534. The predicted octanol–water partition coefficient (Wildman–Crippen LogP) is 0.0682. The minimum Gasteiger partial charge on any atom is -0.496 e. The molecule has 6 nitrogen and oxygen atoms in total. The van der Waals surface area contributed by atoms with Gasteiger partial charge in [0, 0.05) is 0 Å². The standard InChI is InChI=1S/C8H9N4O2/c1-14-5-2-3-6-7(4-5)12(13)11-8(9)10-6/h2-4H,1H3,(H3,9,10,11,13)/q+1. The molecular weight excluding hydrogens is 184 g/mol. The lowest BCUT2D eigenvalue weighted by atomic mass is 10.3. The van der Waals surface area contributed by atoms with Crippen molar-refractivity contribution in [2.45, 2.75) is 0 Å². The fourth-order valence-corrected chi connectivity index (χ4v) is 1.21. The van der Waals surface area contributed by atoms with Crippen LogP contribution in [0, 0.1) is 4.91 Å². The van der Waals surface area contributed by atoms with E-state index >= 15 is 0 Å². The zero-order chi connectivity index (χ0) is 10.1. The third kappa shape index (κ3) is 1.26. The highest BCUT2D eigenvalue weighted by molar-refractivity contribution is 5.73. The van der Waals surface area contributed by atoms with Crippen molar-refractivity contribution in [1.82, 2.24) is 10.1 Å². The van der Waals surface area contributed by atoms with Crippen molar-refractivity contribution >= 4 is 17.0 Å². The van der Waals surface area contributed by atoms with Crippen LogP contribution in [0.15, 0.2) is 18.2 Å². The molecule has 72 valence electrons. The summed E-state index contributed by atoms with van der Waals surface area (Å²) in [6.45, 7) is 0. The van der Waals surface area contributed by atoms with E-state index in [-0.39, 0.29) is 5.95 Å². The first kappa shape index (κ1) is 8.49. The van der Waals surface area contributed by atoms with Crippen molar-refractivity contribution < 1.29 is 9.28 Å². The Kier molecular flexibility index (Phi) is 1.81. The van der Waals surface area contributed by atoms with Gasteiger partial charge in [0.2, 0.25) is 0 Å². The first-order chi connectivity index (χ1) is 6.70. The third-order valence-electron chi connectivity index (χ3n) is 1.86. The number of benzene rings is 1. The van der Waals surface area contributed by atoms with Gasteiger partial charge in [-0.15, -0.1) is 0 Å². The van der Waals surface area contributed by atoms with Gasteiger partial charge in [0.05, 0.1) is 18.1 Å². The number of rotatable bonds is 1. The second-order valence-electron chi connectivity index (χ2n) is 2.76. The smallest absolute Gasteiger partial charge is 0.321 e. The van der Waals surface area contributed by atoms with Gasteiger partial charge in [0.15, 0.2) is 4.54 Å². The molecule has 1 aromatic heterocycles. The van der Waals surface area contributed by atoms with Crippen LogP contribution in [0.4, 0.5) is 5.95 Å². The van der Waals surface area contributed by atoms with Gasteiger partial charge in [-0.3, -0.25) is 0 Å². The molecule has 0 aliphatic heterocycles. The summed E-state index contributed by atoms with van der Waals surface area (Å²) in [5.74, 6) is 0.680. The molecule has 0 saturated carbocycles. The molecule has 0 bridgehead atoms. The summed E-state index contributed by atoms with van der Waals surface area (Å²) in [4.78, 5) is 15.3. The van der Waals surface area contributed by atoms with Crippen LogP contribution >= 0.6 is 0 Å². The molecule has 6 heteroatoms. The molecule has 3 N–H and O–H groups in total. The second-order valence-corrected chi connectivity index (χ2v) is 2.76. The Labute approximate surface area is 78.9 Å². The van der Waals surface area contributed by atoms with Crippen LogP contribution in [0.1, 0.15) is 0 Å². The number of anilines is 1. The minimum absolute atomic E-state index is 0.0812. The number of nitrogen functional groups attached to an aromatic ring is 1. The molecule has 0 aliphatic rings. The molecular formula is C8H9N4O2+. The number of nitrogens with zero attached hydrogens (tertiary/aromatic N) is 2. The van der Waals surface area contributed by atoms with Crippen molar-refractivity contribution in [2.24, 2.45) is 0 Å². The van der Waals surface area contributed by atoms with E-state index in [1.807, 2.05) is 0 Å². The number of fused-ring (bicyclic) bond motifs is 1. The number of aromatic amines is 1. The van der Waals surface area contributed by atoms with Crippen LogP contribution in [0.5, 0.6) is 5.75 Å². The number of ether oxygens (including phenoxy) is 1. The number of methoxy groups -OCH3 is 1. The molecule has 0 atom stereocenters. The molecule has 0 saturated heterocycles. The molecule has 2 rings (SSSR count). The van der Waals surface area contributed by atoms with Crippen LogP contribution < -0.4 is 15.0 Å². The quantitative estimate of drug-likeness (QED) is 0.627. The fraction of sp³-hybridized carbons (Fsp3) is 0.125. The maximum atomic E-state index is 11.4. The molecule has 0 unspecified atom stereocenters. The lowest BCUT2D eigenvalue weighted by molar-refractivity contribution is -0.535. The zero-order valence-corrected chi connectivity index (χ0v) is 7.52. The van der Waals surface area contributed by atoms with E-state index in [0.717, 1.165) is 0 Å². The Hall–Kier alpha value is -2.11. The molecule has 0 fully saturated rings. The molecule has 0 radical (unpaired) electrons. The van der Waals surface area contributed by atoms with Gasteiger partial charge in [-0.05, 0) is 12.1 Å². The molecule has 14 heavy (non-hydrogen) atoms. The first-order valence-corrected chi connectivity index (χ1v) is 3.97. The zero-order valence-electron chi connectivity index (χ0n) is 7.52. The SMILES string of the molecule is COc1ccc2nc(N)[nH][n+](=O)c2c1. The highest BCUT2D eigenvalue weighted by atomic mass is 16.5. The molecule has 2 aromatic rings. The van der Waals surface area contributed by atoms with Gasteiger partial charge in [-0.2, -0.15) is 0 Å². The van der Waals surface area contributed by atoms with Gasteiger partial charge in [-0.1, -0.05) is 5.10 Å². The Balaban J connectivity index is 2.82. The lowest BCUT2D eigenvalue weighted by Crippen LogP contribution is -2.23. The molecule has 0 spiro atoms. The van der Waals surface area contributed by atoms with E-state index in [1.165, 1.54) is 7.11 Å². The van der Waals surface area contributed by atoms with Gasteiger partial charge in [0.25, 0.3) is 5.95 Å². The number of hydrogen-bond acceptors (Lipinski definition) is 4. The maximum absolute atomic E-state index is 11.4. The van der Waals surface area contributed by atoms with Crippen molar-refractivity contribution in [2.75, 3.05) is 12.8 Å². The lowest BCUT2D eigenvalue weighted by Gasteiger charge is -1.96.